The van der Waals surface area contributed by atoms with Crippen molar-refractivity contribution < 1.29 is 59.8 Å². The fourth-order valence-electron chi connectivity index (χ4n) is 12.6. The average molecular weight is 1530 g/mol. The van der Waals surface area contributed by atoms with Crippen LogP contribution in [0, 0.1) is 6.92 Å². The van der Waals surface area contributed by atoms with Gasteiger partial charge in [0.25, 0.3) is 20.0 Å². The Labute approximate surface area is 637 Å². The summed E-state index contributed by atoms with van der Waals surface area (Å²) in [5.74, 6) is -3.18. The van der Waals surface area contributed by atoms with Crippen LogP contribution in [-0.2, 0) is 73.2 Å². The number of carboxylic acids is 3. The summed E-state index contributed by atoms with van der Waals surface area (Å²) in [5.41, 5.74) is 10.0. The molecule has 1 aromatic heterocycles. The Kier molecular flexibility index (Phi) is 28.4. The van der Waals surface area contributed by atoms with Gasteiger partial charge in [-0.3, -0.25) is 13.4 Å². The van der Waals surface area contributed by atoms with Gasteiger partial charge in [0.1, 0.15) is 9.58 Å². The van der Waals surface area contributed by atoms with Gasteiger partial charge in [-0.15, -0.1) is 0 Å². The van der Waals surface area contributed by atoms with Gasteiger partial charge in [-0.1, -0.05) is 197 Å². The molecule has 0 spiro atoms. The van der Waals surface area contributed by atoms with Crippen LogP contribution in [0.1, 0.15) is 136 Å². The van der Waals surface area contributed by atoms with E-state index in [0.717, 1.165) is 97.9 Å². The highest BCUT2D eigenvalue weighted by molar-refractivity contribution is 7.94. The van der Waals surface area contributed by atoms with E-state index in [2.05, 4.69) is 22.5 Å². The lowest BCUT2D eigenvalue weighted by molar-refractivity contribution is -0.114. The number of aryl methyl sites for hydroxylation is 7. The zero-order valence-electron chi connectivity index (χ0n) is 61.7. The van der Waals surface area contributed by atoms with Gasteiger partial charge in [0, 0.05) is 56.3 Å². The van der Waals surface area contributed by atoms with Crippen molar-refractivity contribution >= 4 is 114 Å². The number of nitrogens with zero attached hydrogens (tertiary/aromatic N) is 4. The van der Waals surface area contributed by atoms with Crippen LogP contribution in [0.15, 0.2) is 238 Å². The number of nitrogens with one attached hydrogen (secondary N) is 2. The molecule has 11 rings (SSSR count). The molecular formula is C85H92N6O13S4. The number of sulfonamides is 2. The van der Waals surface area contributed by atoms with E-state index in [1.165, 1.54) is 6.92 Å². The van der Waals surface area contributed by atoms with Crippen molar-refractivity contribution in [2.45, 2.75) is 131 Å². The van der Waals surface area contributed by atoms with E-state index in [4.69, 9.17) is 15.3 Å². The molecule has 0 aliphatic heterocycles. The molecule has 1 heterocycles. The summed E-state index contributed by atoms with van der Waals surface area (Å²) in [6.07, 6.45) is 8.22. The number of amides is 1. The van der Waals surface area contributed by atoms with E-state index < -0.39 is 53.2 Å². The number of aromatic nitrogens is 1. The summed E-state index contributed by atoms with van der Waals surface area (Å²) in [6, 6.07) is 67.6. The van der Waals surface area contributed by atoms with Crippen molar-refractivity contribution in [3.63, 3.8) is 0 Å². The van der Waals surface area contributed by atoms with Gasteiger partial charge in [-0.2, -0.15) is 0 Å². The van der Waals surface area contributed by atoms with Gasteiger partial charge in [-0.25, -0.2) is 44.6 Å². The lowest BCUT2D eigenvalue weighted by Gasteiger charge is -2.28. The minimum absolute atomic E-state index is 0.142. The normalized spacial score (nSPS) is 11.7. The van der Waals surface area contributed by atoms with E-state index in [-0.39, 0.29) is 36.8 Å². The molecule has 0 aliphatic carbocycles. The number of carboxylic acid groups (broad SMARTS) is 3. The maximum absolute atomic E-state index is 14.3. The monoisotopic (exact) mass is 1530 g/mol. The number of carbonyl (C=O) groups excluding carboxylic acids is 1. The first-order chi connectivity index (χ1) is 51.7. The Morgan fingerprint density at radius 1 is 0.472 bits per heavy atom. The van der Waals surface area contributed by atoms with Crippen LogP contribution in [0.25, 0.3) is 21.5 Å². The molecule has 1 amide bonds. The summed E-state index contributed by atoms with van der Waals surface area (Å²) in [4.78, 5) is 51.5. The number of rotatable bonds is 32. The number of hydrogen-bond acceptors (Lipinski definition) is 14. The highest BCUT2D eigenvalue weighted by Gasteiger charge is 2.33. The van der Waals surface area contributed by atoms with Crippen LogP contribution in [0.4, 0.5) is 27.9 Å². The number of carbonyl (C=O) groups is 4. The third-order valence-corrected chi connectivity index (χ3v) is 25.8. The second-order valence-corrected chi connectivity index (χ2v) is 33.4. The molecule has 564 valence electrons. The summed E-state index contributed by atoms with van der Waals surface area (Å²) < 4.78 is 86.8. The second-order valence-electron chi connectivity index (χ2n) is 26.4. The van der Waals surface area contributed by atoms with Gasteiger partial charge in [0.05, 0.1) is 43.6 Å². The van der Waals surface area contributed by atoms with Crippen molar-refractivity contribution in [2.24, 2.45) is 0 Å². The molecule has 0 fully saturated rings. The van der Waals surface area contributed by atoms with E-state index in [9.17, 15) is 44.4 Å². The first kappa shape index (κ1) is 81.4. The second kappa shape index (κ2) is 37.7. The number of thiazole rings is 1. The van der Waals surface area contributed by atoms with Gasteiger partial charge < -0.3 is 30.9 Å². The molecule has 0 bridgehead atoms. The molecule has 0 saturated heterocycles. The number of aromatic carboxylic acids is 3. The smallest absolute Gasteiger partial charge is 0.335 e. The average Bonchev–Trinajstić information content (AvgIpc) is 0.859. The third-order valence-electron chi connectivity index (χ3n) is 18.4. The minimum atomic E-state index is -3.87. The predicted molar refractivity (Wildman–Crippen MR) is 434 cm³/mol. The van der Waals surface area contributed by atoms with Gasteiger partial charge in [0.2, 0.25) is 15.7 Å². The van der Waals surface area contributed by atoms with Crippen molar-refractivity contribution in [3.05, 3.63) is 280 Å². The van der Waals surface area contributed by atoms with Crippen molar-refractivity contribution in [2.75, 3.05) is 51.3 Å². The molecule has 108 heavy (non-hydrogen) atoms. The Morgan fingerprint density at radius 3 is 1.41 bits per heavy atom. The Bertz CT molecular complexity index is 5300. The van der Waals surface area contributed by atoms with E-state index in [1.54, 1.807) is 82.3 Å². The standard InChI is InChI=1S/C31H34N2O4S.C29H29NO4S.C25H29N3O5S2/c1-4-5-22-33(38(36,37)30-15-9-11-26-27(30)12-8-14-29(26)32(2)3)28-13-7-6-10-24(28)19-16-23-17-20-25(21-18-23)31(34)35;1-2-3-20-30(35(33,34)27-19-18-23-8-4-5-10-26(23)21-27)28-11-7-6-9-24(28)15-12-22-13-16-25(17-14-22)29(31)32;1-4-7-22(35(32,33)24-16(2)26-25(34-24)27-17(3)29)28-21-9-6-5-8-19(21)13-10-18-11-14-20(15-12-18)23(30)31/h6-15,17-18,20-21H,4-5,16,19,22H2,1-3H3,(H,34,35);4-11,13-14,16-19,21H,2-3,12,15,20H2,1H3,(H,31,32);5-6,8-9,11-12,14-15,22,28H,4,7,10,13H2,1-3H3,(H,30,31)(H,26,27,29). The van der Waals surface area contributed by atoms with Crippen LogP contribution in [0.5, 0.6) is 0 Å². The van der Waals surface area contributed by atoms with Crippen molar-refractivity contribution in [1.82, 2.24) is 4.98 Å². The molecule has 0 saturated carbocycles. The van der Waals surface area contributed by atoms with Gasteiger partial charge >= 0.3 is 17.9 Å². The fraction of sp³-hybridized carbons (Fsp3) is 0.259. The Hall–Kier alpha value is -10.7. The van der Waals surface area contributed by atoms with E-state index >= 15 is 0 Å². The maximum Gasteiger partial charge on any atom is 0.335 e. The summed E-state index contributed by atoms with van der Waals surface area (Å²) in [5, 5.41) is 36.1. The number of para-hydroxylation sites is 3. The molecule has 1 unspecified atom stereocenters. The lowest BCUT2D eigenvalue weighted by Crippen LogP contribution is -2.33. The predicted octanol–water partition coefficient (Wildman–Crippen LogP) is 17.6. The Balaban J connectivity index is 0.000000187. The van der Waals surface area contributed by atoms with Gasteiger partial charge in [-0.05, 0) is 188 Å². The first-order valence-electron chi connectivity index (χ1n) is 35.9. The largest absolute Gasteiger partial charge is 0.478 e. The quantitative estimate of drug-likeness (QED) is 0.0262. The van der Waals surface area contributed by atoms with Crippen LogP contribution < -0.4 is 24.1 Å². The zero-order valence-corrected chi connectivity index (χ0v) is 65.0. The van der Waals surface area contributed by atoms with Gasteiger partial charge in [0.15, 0.2) is 5.13 Å². The van der Waals surface area contributed by atoms with Crippen LogP contribution >= 0.6 is 11.3 Å². The minimum Gasteiger partial charge on any atom is -0.478 e. The highest BCUT2D eigenvalue weighted by atomic mass is 32.2. The summed E-state index contributed by atoms with van der Waals surface area (Å²) in [6.45, 7) is 9.79. The van der Waals surface area contributed by atoms with E-state index in [1.807, 2.05) is 191 Å². The maximum atomic E-state index is 14.3. The van der Waals surface area contributed by atoms with Crippen LogP contribution in [0.3, 0.4) is 0 Å². The first-order valence-corrected chi connectivity index (χ1v) is 41.2. The number of fused-ring (bicyclic) bond motifs is 2. The SMILES string of the molecule is CCCC(Nc1ccccc1CCc1ccc(C(=O)O)cc1)S(=O)(=O)c1sc(NC(C)=O)nc1C.CCCCN(c1ccccc1CCc1ccc(C(=O)O)cc1)S(=O)(=O)c1ccc2ccccc2c1.CCCCN(c1ccccc1CCc1ccc(C(=O)O)cc1)S(=O)(=O)c1cccc2c(N(C)C)cccc12. The number of benzene rings is 10. The fourth-order valence-corrected chi connectivity index (χ4v) is 19.3. The molecule has 11 aromatic rings. The van der Waals surface area contributed by atoms with Crippen LogP contribution in [-0.4, -0.2) is 102 Å². The number of hydrogen-bond donors (Lipinski definition) is 5. The molecule has 5 N–H and O–H groups in total. The Morgan fingerprint density at radius 2 is 0.917 bits per heavy atom. The molecule has 19 nitrogen and oxygen atoms in total. The molecule has 0 aliphatic rings. The molecular weight excluding hydrogens is 1440 g/mol. The van der Waals surface area contributed by atoms with Crippen molar-refractivity contribution in [3.8, 4) is 0 Å². The molecule has 1 atom stereocenters. The number of unbranched alkanes of at least 4 members (excludes halogenated alkanes) is 2. The summed E-state index contributed by atoms with van der Waals surface area (Å²) >= 11 is 0.962. The molecule has 10 aromatic carbocycles. The highest BCUT2D eigenvalue weighted by Crippen LogP contribution is 2.37. The number of sulfone groups is 1. The molecule has 23 heteroatoms. The number of anilines is 5. The van der Waals surface area contributed by atoms with Crippen molar-refractivity contribution in [1.29, 1.82) is 0 Å². The molecule has 0 radical (unpaired) electrons. The van der Waals surface area contributed by atoms with Crippen LogP contribution in [0.2, 0.25) is 0 Å². The lowest BCUT2D eigenvalue weighted by atomic mass is 10.0. The topological polar surface area (TPSA) is 278 Å². The van der Waals surface area contributed by atoms with E-state index in [0.29, 0.717) is 91.8 Å². The third kappa shape index (κ3) is 20.7. The zero-order chi connectivity index (χ0) is 77.7. The summed E-state index contributed by atoms with van der Waals surface area (Å²) in [7, 11) is -7.50.